The average Bonchev–Trinajstić information content (AvgIpc) is 2.61. The molecular formula is C13H18N4O. The Kier molecular flexibility index (Phi) is 3.62. The molecule has 2 heterocycles. The first-order valence-corrected chi connectivity index (χ1v) is 5.90. The van der Waals surface area contributed by atoms with Crippen molar-refractivity contribution in [2.24, 2.45) is 7.05 Å². The maximum absolute atomic E-state index is 5.71. The van der Waals surface area contributed by atoms with Gasteiger partial charge in [-0.05, 0) is 26.5 Å². The molecule has 0 saturated heterocycles. The number of aryl methyl sites for hydroxylation is 3. The lowest BCUT2D eigenvalue weighted by Crippen LogP contribution is -2.07. The Hall–Kier alpha value is -1.88. The number of hydrogen-bond donors (Lipinski definition) is 1. The fourth-order valence-corrected chi connectivity index (χ4v) is 1.79. The van der Waals surface area contributed by atoms with Crippen molar-refractivity contribution < 1.29 is 4.74 Å². The summed E-state index contributed by atoms with van der Waals surface area (Å²) in [6, 6.07) is 5.79. The van der Waals surface area contributed by atoms with Crippen molar-refractivity contribution in [3.05, 3.63) is 35.2 Å². The standard InChI is InChI=1S/C13H18N4O/c1-9-7-13(17(4)16-9)18-12-6-5-11(8-14-3)10(2)15-12/h5-7,14H,8H2,1-4H3. The van der Waals surface area contributed by atoms with Gasteiger partial charge in [0.05, 0.1) is 5.69 Å². The third-order valence-electron chi connectivity index (χ3n) is 2.71. The molecule has 0 aliphatic carbocycles. The molecule has 5 nitrogen and oxygen atoms in total. The van der Waals surface area contributed by atoms with E-state index in [9.17, 15) is 0 Å². The number of pyridine rings is 1. The second-order valence-corrected chi connectivity index (χ2v) is 4.27. The Morgan fingerprint density at radius 3 is 2.67 bits per heavy atom. The van der Waals surface area contributed by atoms with Gasteiger partial charge in [-0.3, -0.25) is 0 Å². The molecule has 2 aromatic heterocycles. The van der Waals surface area contributed by atoms with E-state index in [-0.39, 0.29) is 0 Å². The van der Waals surface area contributed by atoms with Crippen molar-refractivity contribution in [1.82, 2.24) is 20.1 Å². The second-order valence-electron chi connectivity index (χ2n) is 4.27. The normalized spacial score (nSPS) is 10.7. The number of aromatic nitrogens is 3. The Morgan fingerprint density at radius 2 is 2.11 bits per heavy atom. The lowest BCUT2D eigenvalue weighted by molar-refractivity contribution is 0.414. The minimum absolute atomic E-state index is 0.593. The molecular weight excluding hydrogens is 228 g/mol. The van der Waals surface area contributed by atoms with E-state index in [1.54, 1.807) is 4.68 Å². The number of nitrogens with zero attached hydrogens (tertiary/aromatic N) is 3. The van der Waals surface area contributed by atoms with Crippen LogP contribution < -0.4 is 10.1 Å². The molecule has 1 N–H and O–H groups in total. The summed E-state index contributed by atoms with van der Waals surface area (Å²) in [7, 11) is 3.77. The summed E-state index contributed by atoms with van der Waals surface area (Å²) in [4.78, 5) is 4.43. The molecule has 0 fully saturated rings. The molecule has 0 aliphatic heterocycles. The van der Waals surface area contributed by atoms with Crippen LogP contribution in [-0.2, 0) is 13.6 Å². The Labute approximate surface area is 107 Å². The average molecular weight is 246 g/mol. The topological polar surface area (TPSA) is 52.0 Å². The SMILES string of the molecule is CNCc1ccc(Oc2cc(C)nn2C)nc1C. The fraction of sp³-hybridized carbons (Fsp3) is 0.385. The minimum Gasteiger partial charge on any atom is -0.421 e. The van der Waals surface area contributed by atoms with Crippen LogP contribution >= 0.6 is 0 Å². The lowest BCUT2D eigenvalue weighted by Gasteiger charge is -2.08. The van der Waals surface area contributed by atoms with Gasteiger partial charge in [0.15, 0.2) is 0 Å². The second kappa shape index (κ2) is 5.18. The van der Waals surface area contributed by atoms with Crippen molar-refractivity contribution in [3.8, 4) is 11.8 Å². The van der Waals surface area contributed by atoms with E-state index in [0.29, 0.717) is 11.8 Å². The highest BCUT2D eigenvalue weighted by Crippen LogP contribution is 2.21. The van der Waals surface area contributed by atoms with E-state index in [1.165, 1.54) is 5.56 Å². The van der Waals surface area contributed by atoms with Gasteiger partial charge in [-0.15, -0.1) is 0 Å². The zero-order valence-corrected chi connectivity index (χ0v) is 11.2. The molecule has 0 radical (unpaired) electrons. The molecule has 0 bridgehead atoms. The van der Waals surface area contributed by atoms with Crippen molar-refractivity contribution >= 4 is 0 Å². The minimum atomic E-state index is 0.593. The van der Waals surface area contributed by atoms with Gasteiger partial charge in [0, 0.05) is 31.4 Å². The molecule has 2 aromatic rings. The van der Waals surface area contributed by atoms with Crippen molar-refractivity contribution in [2.45, 2.75) is 20.4 Å². The van der Waals surface area contributed by atoms with Crippen LogP contribution in [0.25, 0.3) is 0 Å². The van der Waals surface area contributed by atoms with E-state index in [0.717, 1.165) is 17.9 Å². The Bertz CT molecular complexity index is 548. The molecule has 0 saturated carbocycles. The molecule has 0 unspecified atom stereocenters. The van der Waals surface area contributed by atoms with E-state index >= 15 is 0 Å². The highest BCUT2D eigenvalue weighted by Gasteiger charge is 2.07. The van der Waals surface area contributed by atoms with Crippen LogP contribution in [0.4, 0.5) is 0 Å². The summed E-state index contributed by atoms with van der Waals surface area (Å²) in [6.07, 6.45) is 0. The molecule has 0 aromatic carbocycles. The zero-order valence-electron chi connectivity index (χ0n) is 11.2. The van der Waals surface area contributed by atoms with E-state index in [2.05, 4.69) is 15.4 Å². The summed E-state index contributed by atoms with van der Waals surface area (Å²) in [5.74, 6) is 1.29. The predicted octanol–water partition coefficient (Wildman–Crippen LogP) is 1.94. The van der Waals surface area contributed by atoms with Crippen LogP contribution in [0.5, 0.6) is 11.8 Å². The van der Waals surface area contributed by atoms with Gasteiger partial charge < -0.3 is 10.1 Å². The number of nitrogens with one attached hydrogen (secondary N) is 1. The third-order valence-corrected chi connectivity index (χ3v) is 2.71. The molecule has 18 heavy (non-hydrogen) atoms. The van der Waals surface area contributed by atoms with Gasteiger partial charge in [-0.25, -0.2) is 9.67 Å². The maximum Gasteiger partial charge on any atom is 0.221 e. The molecule has 0 spiro atoms. The Balaban J connectivity index is 2.20. The zero-order chi connectivity index (χ0) is 13.1. The van der Waals surface area contributed by atoms with Gasteiger partial charge in [-0.1, -0.05) is 6.07 Å². The van der Waals surface area contributed by atoms with Crippen molar-refractivity contribution in [1.29, 1.82) is 0 Å². The van der Waals surface area contributed by atoms with Crippen LogP contribution in [0, 0.1) is 13.8 Å². The molecule has 0 amide bonds. The van der Waals surface area contributed by atoms with Gasteiger partial charge in [0.1, 0.15) is 0 Å². The van der Waals surface area contributed by atoms with E-state index in [1.807, 2.05) is 46.1 Å². The van der Waals surface area contributed by atoms with Gasteiger partial charge >= 0.3 is 0 Å². The van der Waals surface area contributed by atoms with Crippen LogP contribution in [0.3, 0.4) is 0 Å². The molecule has 2 rings (SSSR count). The molecule has 0 atom stereocenters. The predicted molar refractivity (Wildman–Crippen MR) is 69.8 cm³/mol. The smallest absolute Gasteiger partial charge is 0.221 e. The fourth-order valence-electron chi connectivity index (χ4n) is 1.79. The highest BCUT2D eigenvalue weighted by molar-refractivity contribution is 5.28. The Morgan fingerprint density at radius 1 is 1.33 bits per heavy atom. The molecule has 0 aliphatic rings. The summed E-state index contributed by atoms with van der Waals surface area (Å²) in [5.41, 5.74) is 3.07. The maximum atomic E-state index is 5.71. The number of hydrogen-bond acceptors (Lipinski definition) is 4. The van der Waals surface area contributed by atoms with Crippen LogP contribution in [-0.4, -0.2) is 21.8 Å². The van der Waals surface area contributed by atoms with Crippen LogP contribution in [0.2, 0.25) is 0 Å². The monoisotopic (exact) mass is 246 g/mol. The lowest BCUT2D eigenvalue weighted by atomic mass is 10.2. The third kappa shape index (κ3) is 2.68. The van der Waals surface area contributed by atoms with Crippen LogP contribution in [0.1, 0.15) is 17.0 Å². The van der Waals surface area contributed by atoms with Gasteiger partial charge in [0.25, 0.3) is 0 Å². The van der Waals surface area contributed by atoms with Crippen LogP contribution in [0.15, 0.2) is 18.2 Å². The number of rotatable bonds is 4. The summed E-state index contributed by atoms with van der Waals surface area (Å²) < 4.78 is 7.42. The summed E-state index contributed by atoms with van der Waals surface area (Å²) in [6.45, 7) is 4.72. The molecule has 96 valence electrons. The van der Waals surface area contributed by atoms with Gasteiger partial charge in [0.2, 0.25) is 11.8 Å². The first-order chi connectivity index (χ1) is 8.60. The summed E-state index contributed by atoms with van der Waals surface area (Å²) >= 11 is 0. The quantitative estimate of drug-likeness (QED) is 0.895. The molecule has 5 heteroatoms. The first kappa shape index (κ1) is 12.6. The van der Waals surface area contributed by atoms with E-state index < -0.39 is 0 Å². The number of ether oxygens (including phenoxy) is 1. The van der Waals surface area contributed by atoms with Crippen molar-refractivity contribution in [3.63, 3.8) is 0 Å². The van der Waals surface area contributed by atoms with Gasteiger partial charge in [-0.2, -0.15) is 5.10 Å². The first-order valence-electron chi connectivity index (χ1n) is 5.90. The van der Waals surface area contributed by atoms with Crippen molar-refractivity contribution in [2.75, 3.05) is 7.05 Å². The largest absolute Gasteiger partial charge is 0.421 e. The van der Waals surface area contributed by atoms with E-state index in [4.69, 9.17) is 4.74 Å². The summed E-state index contributed by atoms with van der Waals surface area (Å²) in [5, 5.41) is 7.34. The highest BCUT2D eigenvalue weighted by atomic mass is 16.5.